The molecule has 1 heterocycles. The summed E-state index contributed by atoms with van der Waals surface area (Å²) in [5, 5.41) is 0.563. The van der Waals surface area contributed by atoms with Crippen molar-refractivity contribution in [3.8, 4) is 0 Å². The van der Waals surface area contributed by atoms with E-state index in [1.54, 1.807) is 6.92 Å². The van der Waals surface area contributed by atoms with Crippen molar-refractivity contribution in [1.82, 2.24) is 4.98 Å². The highest BCUT2D eigenvalue weighted by molar-refractivity contribution is 7.81. The average molecular weight is 200 g/mol. The Morgan fingerprint density at radius 3 is 2.50 bits per heavy atom. The molecular weight excluding hydrogens is 192 g/mol. The van der Waals surface area contributed by atoms with Crippen LogP contribution in [-0.2, 0) is 0 Å². The highest BCUT2D eigenvalue weighted by atomic mass is 32.1. The molecule has 1 aromatic heterocycles. The first-order valence-corrected chi connectivity index (χ1v) is 4.53. The van der Waals surface area contributed by atoms with Crippen molar-refractivity contribution in [1.29, 1.82) is 0 Å². The molecule has 12 heavy (non-hydrogen) atoms. The van der Waals surface area contributed by atoms with Gasteiger partial charge in [0.1, 0.15) is 4.99 Å². The van der Waals surface area contributed by atoms with Crippen molar-refractivity contribution < 1.29 is 4.79 Å². The van der Waals surface area contributed by atoms with Gasteiger partial charge < -0.3 is 5.73 Å². The fraction of sp³-hybridized carbons (Fsp3) is 0.286. The van der Waals surface area contributed by atoms with Crippen LogP contribution in [0, 0.1) is 6.92 Å². The summed E-state index contributed by atoms with van der Waals surface area (Å²) in [5.41, 5.74) is 6.07. The molecule has 1 aromatic rings. The van der Waals surface area contributed by atoms with Gasteiger partial charge in [-0.15, -0.1) is 11.3 Å². The Balaban J connectivity index is 3.17. The smallest absolute Gasteiger partial charge is 0.171 e. The van der Waals surface area contributed by atoms with Crippen LogP contribution in [0.15, 0.2) is 0 Å². The van der Waals surface area contributed by atoms with Gasteiger partial charge in [-0.3, -0.25) is 4.79 Å². The summed E-state index contributed by atoms with van der Waals surface area (Å²) >= 11 is 5.98. The Hall–Kier alpha value is -0.810. The summed E-state index contributed by atoms with van der Waals surface area (Å²) in [4.78, 5) is 15.9. The van der Waals surface area contributed by atoms with Crippen LogP contribution >= 0.6 is 23.6 Å². The predicted molar refractivity (Wildman–Crippen MR) is 52.7 cm³/mol. The van der Waals surface area contributed by atoms with E-state index in [0.717, 1.165) is 0 Å². The largest absolute Gasteiger partial charge is 0.387 e. The normalized spacial score (nSPS) is 9.83. The number of thiazole rings is 1. The van der Waals surface area contributed by atoms with E-state index in [1.807, 2.05) is 0 Å². The van der Waals surface area contributed by atoms with Crippen LogP contribution in [0.1, 0.15) is 27.3 Å². The Kier molecular flexibility index (Phi) is 2.54. The molecule has 0 spiro atoms. The number of nitrogens with two attached hydrogens (primary N) is 1. The summed E-state index contributed by atoms with van der Waals surface area (Å²) in [6, 6.07) is 0. The zero-order valence-corrected chi connectivity index (χ0v) is 8.38. The molecule has 0 aromatic carbocycles. The molecule has 64 valence electrons. The number of aromatic nitrogens is 1. The van der Waals surface area contributed by atoms with E-state index >= 15 is 0 Å². The number of thiocarbonyl (C=S) groups is 1. The summed E-state index contributed by atoms with van der Waals surface area (Å²) in [6.07, 6.45) is 0. The first-order valence-electron chi connectivity index (χ1n) is 3.30. The van der Waals surface area contributed by atoms with Crippen molar-refractivity contribution in [2.45, 2.75) is 13.8 Å². The van der Waals surface area contributed by atoms with Crippen molar-refractivity contribution in [3.05, 3.63) is 15.6 Å². The predicted octanol–water partition coefficient (Wildman–Crippen LogP) is 1.29. The minimum atomic E-state index is 0.00694. The molecule has 0 bridgehead atoms. The van der Waals surface area contributed by atoms with Gasteiger partial charge >= 0.3 is 0 Å². The third-order valence-corrected chi connectivity index (χ3v) is 2.94. The molecule has 0 aliphatic heterocycles. The van der Waals surface area contributed by atoms with E-state index in [0.29, 0.717) is 15.6 Å². The number of carbonyl (C=O) groups excluding carboxylic acids is 1. The van der Waals surface area contributed by atoms with Crippen LogP contribution in [0.25, 0.3) is 0 Å². The molecular formula is C7H8N2OS2. The maximum absolute atomic E-state index is 11.0. The van der Waals surface area contributed by atoms with E-state index < -0.39 is 0 Å². The van der Waals surface area contributed by atoms with Crippen molar-refractivity contribution in [2.24, 2.45) is 5.73 Å². The van der Waals surface area contributed by atoms with E-state index in [2.05, 4.69) is 4.98 Å². The lowest BCUT2D eigenvalue weighted by atomic mass is 10.3. The van der Waals surface area contributed by atoms with Crippen LogP contribution in [-0.4, -0.2) is 15.8 Å². The van der Waals surface area contributed by atoms with E-state index in [1.165, 1.54) is 18.3 Å². The molecule has 0 saturated carbocycles. The standard InChI is InChI=1S/C7H8N2OS2/c1-3-5(4(2)10)12-7(9-3)6(8)11/h1-2H3,(H2,8,11). The van der Waals surface area contributed by atoms with Crippen molar-refractivity contribution >= 4 is 34.3 Å². The van der Waals surface area contributed by atoms with Crippen molar-refractivity contribution in [2.75, 3.05) is 0 Å². The van der Waals surface area contributed by atoms with Crippen LogP contribution in [0.5, 0.6) is 0 Å². The van der Waals surface area contributed by atoms with Crippen LogP contribution < -0.4 is 5.73 Å². The van der Waals surface area contributed by atoms with Gasteiger partial charge in [-0.1, -0.05) is 12.2 Å². The Bertz CT molecular complexity index is 343. The van der Waals surface area contributed by atoms with Gasteiger partial charge in [0.25, 0.3) is 0 Å². The van der Waals surface area contributed by atoms with Crippen molar-refractivity contribution in [3.63, 3.8) is 0 Å². The molecule has 0 unspecified atom stereocenters. The summed E-state index contributed by atoms with van der Waals surface area (Å²) in [6.45, 7) is 3.28. The minimum absolute atomic E-state index is 0.00694. The maximum Gasteiger partial charge on any atom is 0.171 e. The van der Waals surface area contributed by atoms with Gasteiger partial charge in [0.05, 0.1) is 10.6 Å². The fourth-order valence-electron chi connectivity index (χ4n) is 0.828. The molecule has 0 saturated heterocycles. The quantitative estimate of drug-likeness (QED) is 0.577. The third kappa shape index (κ3) is 1.67. The second-order valence-electron chi connectivity index (χ2n) is 2.35. The zero-order valence-electron chi connectivity index (χ0n) is 6.75. The molecule has 0 radical (unpaired) electrons. The van der Waals surface area contributed by atoms with Crippen LogP contribution in [0.2, 0.25) is 0 Å². The second-order valence-corrected chi connectivity index (χ2v) is 3.79. The van der Waals surface area contributed by atoms with E-state index in [9.17, 15) is 4.79 Å². The van der Waals surface area contributed by atoms with Gasteiger partial charge in [-0.25, -0.2) is 4.98 Å². The third-order valence-electron chi connectivity index (χ3n) is 1.33. The molecule has 2 N–H and O–H groups in total. The molecule has 3 nitrogen and oxygen atoms in total. The number of rotatable bonds is 2. The lowest BCUT2D eigenvalue weighted by Crippen LogP contribution is -2.08. The number of carbonyl (C=O) groups is 1. The Labute approximate surface area is 79.6 Å². The minimum Gasteiger partial charge on any atom is -0.387 e. The van der Waals surface area contributed by atoms with E-state index in [-0.39, 0.29) is 10.8 Å². The number of nitrogens with zero attached hydrogens (tertiary/aromatic N) is 1. The zero-order chi connectivity index (χ0) is 9.30. The molecule has 1 rings (SSSR count). The van der Waals surface area contributed by atoms with E-state index in [4.69, 9.17) is 18.0 Å². The second kappa shape index (κ2) is 3.28. The lowest BCUT2D eigenvalue weighted by molar-refractivity contribution is 0.102. The van der Waals surface area contributed by atoms with Gasteiger partial charge in [-0.2, -0.15) is 0 Å². The van der Waals surface area contributed by atoms with Gasteiger partial charge in [0.2, 0.25) is 0 Å². The molecule has 0 fully saturated rings. The number of ketones is 1. The Morgan fingerprint density at radius 1 is 1.67 bits per heavy atom. The monoisotopic (exact) mass is 200 g/mol. The Morgan fingerprint density at radius 2 is 2.25 bits per heavy atom. The summed E-state index contributed by atoms with van der Waals surface area (Å²) in [7, 11) is 0. The lowest BCUT2D eigenvalue weighted by Gasteiger charge is -1.85. The number of hydrogen-bond acceptors (Lipinski definition) is 4. The van der Waals surface area contributed by atoms with Gasteiger partial charge in [0.15, 0.2) is 10.8 Å². The molecule has 0 aliphatic carbocycles. The average Bonchev–Trinajstić information content (AvgIpc) is 2.30. The highest BCUT2D eigenvalue weighted by Crippen LogP contribution is 2.18. The van der Waals surface area contributed by atoms with Gasteiger partial charge in [0, 0.05) is 6.92 Å². The summed E-state index contributed by atoms with van der Waals surface area (Å²) < 4.78 is 0. The maximum atomic E-state index is 11.0. The molecule has 0 amide bonds. The van der Waals surface area contributed by atoms with Crippen LogP contribution in [0.3, 0.4) is 0 Å². The summed E-state index contributed by atoms with van der Waals surface area (Å²) in [5.74, 6) is 0.00694. The highest BCUT2D eigenvalue weighted by Gasteiger charge is 2.12. The van der Waals surface area contributed by atoms with Crippen LogP contribution in [0.4, 0.5) is 0 Å². The number of hydrogen-bond donors (Lipinski definition) is 1. The van der Waals surface area contributed by atoms with Gasteiger partial charge in [-0.05, 0) is 6.92 Å². The molecule has 0 atom stereocenters. The number of aryl methyl sites for hydroxylation is 1. The topological polar surface area (TPSA) is 56.0 Å². The molecule has 0 aliphatic rings. The number of Topliss-reactive ketones (excluding diaryl/α,β-unsaturated/α-hetero) is 1. The SMILES string of the molecule is CC(=O)c1sc(C(N)=S)nc1C. The fourth-order valence-corrected chi connectivity index (χ4v) is 1.81. The first-order chi connectivity index (χ1) is 5.52. The molecule has 5 heteroatoms. The first kappa shape index (κ1) is 9.28.